The van der Waals surface area contributed by atoms with E-state index in [1.807, 2.05) is 0 Å². The van der Waals surface area contributed by atoms with Crippen LogP contribution in [0.4, 0.5) is 22.0 Å². The van der Waals surface area contributed by atoms with Gasteiger partial charge in [0, 0.05) is 11.0 Å². The Balaban J connectivity index is 2.58. The number of ether oxygens (including phenoxy) is 1. The van der Waals surface area contributed by atoms with Crippen LogP contribution in [0.2, 0.25) is 5.02 Å². The van der Waals surface area contributed by atoms with Crippen molar-refractivity contribution < 1.29 is 36.7 Å². The maximum Gasteiger partial charge on any atom is 0.494 e. The number of nitrogens with zero attached hydrogens (tertiary/aromatic N) is 1. The minimum absolute atomic E-state index is 0.335. The van der Waals surface area contributed by atoms with Gasteiger partial charge in [-0.3, -0.25) is 0 Å². The van der Waals surface area contributed by atoms with E-state index in [4.69, 9.17) is 16.3 Å². The summed E-state index contributed by atoms with van der Waals surface area (Å²) in [4.78, 5) is 3.14. The van der Waals surface area contributed by atoms with Gasteiger partial charge in [0.15, 0.2) is 17.3 Å². The van der Waals surface area contributed by atoms with Crippen LogP contribution < -0.4 is 10.2 Å². The van der Waals surface area contributed by atoms with Crippen molar-refractivity contribution in [1.29, 1.82) is 0 Å². The van der Waals surface area contributed by atoms with Gasteiger partial charge in [-0.05, 0) is 25.1 Å². The number of aromatic nitrogens is 1. The van der Waals surface area contributed by atoms with Crippen LogP contribution in [0.3, 0.4) is 0 Å². The summed E-state index contributed by atoms with van der Waals surface area (Å²) < 4.78 is 70.2. The first-order chi connectivity index (χ1) is 11.0. The van der Waals surface area contributed by atoms with Gasteiger partial charge in [0.2, 0.25) is 5.88 Å². The van der Waals surface area contributed by atoms with E-state index in [0.29, 0.717) is 12.1 Å². The molecule has 0 amide bonds. The molecular formula is C13H8BClF5NO3. The lowest BCUT2D eigenvalue weighted by Gasteiger charge is -2.15. The zero-order chi connectivity index (χ0) is 18.2. The molecule has 128 valence electrons. The summed E-state index contributed by atoms with van der Waals surface area (Å²) in [5.74, 6) is -3.64. The van der Waals surface area contributed by atoms with Crippen molar-refractivity contribution in [2.24, 2.45) is 0 Å². The third-order valence-electron chi connectivity index (χ3n) is 3.01. The molecule has 0 saturated carbocycles. The Hall–Kier alpha value is -1.91. The number of hydrogen-bond donors (Lipinski definition) is 2. The highest BCUT2D eigenvalue weighted by molar-refractivity contribution is 6.60. The van der Waals surface area contributed by atoms with Gasteiger partial charge in [-0.15, -0.1) is 0 Å². The summed E-state index contributed by atoms with van der Waals surface area (Å²) in [6.07, 6.45) is -4.93. The first-order valence-corrected chi connectivity index (χ1v) is 6.66. The van der Waals surface area contributed by atoms with Crippen molar-refractivity contribution in [2.75, 3.05) is 0 Å². The van der Waals surface area contributed by atoms with Gasteiger partial charge in [0.25, 0.3) is 0 Å². The lowest BCUT2D eigenvalue weighted by Crippen LogP contribution is -2.33. The van der Waals surface area contributed by atoms with Gasteiger partial charge in [-0.2, -0.15) is 13.2 Å². The van der Waals surface area contributed by atoms with E-state index in [2.05, 4.69) is 4.98 Å². The Morgan fingerprint density at radius 1 is 1.21 bits per heavy atom. The first kappa shape index (κ1) is 18.4. The predicted octanol–water partition coefficient (Wildman–Crippen LogP) is 2.81. The second kappa shape index (κ2) is 6.54. The summed E-state index contributed by atoms with van der Waals surface area (Å²) in [5, 5.41) is 17.6. The molecule has 0 aliphatic heterocycles. The third-order valence-corrected chi connectivity index (χ3v) is 3.30. The summed E-state index contributed by atoms with van der Waals surface area (Å²) in [6, 6.07) is 2.28. The largest absolute Gasteiger partial charge is 0.494 e. The molecule has 1 aromatic carbocycles. The number of alkyl halides is 3. The fourth-order valence-electron chi connectivity index (χ4n) is 1.80. The van der Waals surface area contributed by atoms with Crippen molar-refractivity contribution in [1.82, 2.24) is 4.98 Å². The van der Waals surface area contributed by atoms with Crippen molar-refractivity contribution in [3.8, 4) is 11.6 Å². The van der Waals surface area contributed by atoms with E-state index in [0.717, 1.165) is 13.0 Å². The molecule has 0 spiro atoms. The van der Waals surface area contributed by atoms with Gasteiger partial charge >= 0.3 is 13.3 Å². The van der Waals surface area contributed by atoms with Gasteiger partial charge in [0.05, 0.1) is 5.02 Å². The smallest absolute Gasteiger partial charge is 0.439 e. The molecule has 0 atom stereocenters. The number of rotatable bonds is 3. The Morgan fingerprint density at radius 3 is 2.38 bits per heavy atom. The molecule has 1 aromatic heterocycles. The van der Waals surface area contributed by atoms with Crippen LogP contribution in [0.25, 0.3) is 0 Å². The van der Waals surface area contributed by atoms with Crippen LogP contribution in [0.1, 0.15) is 11.3 Å². The number of benzene rings is 1. The van der Waals surface area contributed by atoms with Crippen LogP contribution in [-0.2, 0) is 6.18 Å². The minimum atomic E-state index is -4.93. The van der Waals surface area contributed by atoms with Crippen LogP contribution >= 0.6 is 11.6 Å². The average molecular weight is 367 g/mol. The molecule has 1 heterocycles. The molecule has 2 aromatic rings. The second-order valence-corrected chi connectivity index (χ2v) is 5.08. The van der Waals surface area contributed by atoms with Crippen molar-refractivity contribution >= 4 is 24.2 Å². The quantitative estimate of drug-likeness (QED) is 0.647. The van der Waals surface area contributed by atoms with E-state index >= 15 is 0 Å². The van der Waals surface area contributed by atoms with Crippen molar-refractivity contribution in [3.05, 3.63) is 46.1 Å². The lowest BCUT2D eigenvalue weighted by molar-refractivity contribution is -0.141. The molecule has 2 N–H and O–H groups in total. The fraction of sp³-hybridized carbons (Fsp3) is 0.154. The molecule has 0 saturated heterocycles. The molecule has 24 heavy (non-hydrogen) atoms. The van der Waals surface area contributed by atoms with Crippen LogP contribution in [-0.4, -0.2) is 22.2 Å². The molecule has 11 heteroatoms. The third kappa shape index (κ3) is 3.60. The Labute approximate surface area is 137 Å². The van der Waals surface area contributed by atoms with Crippen LogP contribution in [0, 0.1) is 18.6 Å². The Bertz CT molecular complexity index is 785. The molecule has 0 bridgehead atoms. The molecular weight excluding hydrogens is 359 g/mol. The second-order valence-electron chi connectivity index (χ2n) is 4.67. The maximum atomic E-state index is 13.5. The molecule has 0 radical (unpaired) electrons. The zero-order valence-corrected chi connectivity index (χ0v) is 12.6. The Morgan fingerprint density at radius 2 is 1.83 bits per heavy atom. The van der Waals surface area contributed by atoms with Crippen LogP contribution in [0.5, 0.6) is 11.6 Å². The predicted molar refractivity (Wildman–Crippen MR) is 75.2 cm³/mol. The lowest BCUT2D eigenvalue weighted by atomic mass is 9.81. The van der Waals surface area contributed by atoms with E-state index in [9.17, 15) is 32.0 Å². The molecule has 4 nitrogen and oxygen atoms in total. The van der Waals surface area contributed by atoms with Gasteiger partial charge < -0.3 is 14.8 Å². The molecule has 0 aliphatic rings. The monoisotopic (exact) mass is 367 g/mol. The standard InChI is InChI=1S/C13H8BClF5NO3/c1-5-9(3-2-8(16)10(5)17)24-12-6(14(22)23)4-7(15)11(21-12)13(18,19)20/h2-4,22-23H,1H3. The summed E-state index contributed by atoms with van der Waals surface area (Å²) in [5.41, 5.74) is -2.43. The van der Waals surface area contributed by atoms with E-state index in [1.165, 1.54) is 0 Å². The number of pyridine rings is 1. The van der Waals surface area contributed by atoms with Crippen molar-refractivity contribution in [3.63, 3.8) is 0 Å². The summed E-state index contributed by atoms with van der Waals surface area (Å²) >= 11 is 5.44. The highest BCUT2D eigenvalue weighted by atomic mass is 35.5. The zero-order valence-electron chi connectivity index (χ0n) is 11.8. The number of halogens is 6. The number of hydrogen-bond acceptors (Lipinski definition) is 4. The topological polar surface area (TPSA) is 62.6 Å². The van der Waals surface area contributed by atoms with E-state index in [1.54, 1.807) is 0 Å². The van der Waals surface area contributed by atoms with Gasteiger partial charge in [-0.25, -0.2) is 13.8 Å². The minimum Gasteiger partial charge on any atom is -0.439 e. The van der Waals surface area contributed by atoms with Gasteiger partial charge in [-0.1, -0.05) is 11.6 Å². The van der Waals surface area contributed by atoms with E-state index in [-0.39, 0.29) is 11.3 Å². The van der Waals surface area contributed by atoms with Crippen molar-refractivity contribution in [2.45, 2.75) is 13.1 Å². The van der Waals surface area contributed by atoms with Crippen LogP contribution in [0.15, 0.2) is 18.2 Å². The summed E-state index contributed by atoms with van der Waals surface area (Å²) in [6.45, 7) is 1.13. The Kier molecular flexibility index (Phi) is 5.02. The first-order valence-electron chi connectivity index (χ1n) is 6.28. The maximum absolute atomic E-state index is 13.5. The van der Waals surface area contributed by atoms with Gasteiger partial charge in [0.1, 0.15) is 5.75 Å². The molecule has 2 rings (SSSR count). The molecule has 0 fully saturated rings. The highest BCUT2D eigenvalue weighted by Gasteiger charge is 2.37. The SMILES string of the molecule is Cc1c(Oc2nc(C(F)(F)F)c(Cl)cc2B(O)O)ccc(F)c1F. The van der Waals surface area contributed by atoms with E-state index < -0.39 is 47.0 Å². The summed E-state index contributed by atoms with van der Waals surface area (Å²) in [7, 11) is -2.25. The fourth-order valence-corrected chi connectivity index (χ4v) is 2.07. The normalized spacial score (nSPS) is 11.5. The molecule has 0 aliphatic carbocycles. The average Bonchev–Trinajstić information content (AvgIpc) is 2.47. The molecule has 0 unspecified atom stereocenters. The highest BCUT2D eigenvalue weighted by Crippen LogP contribution is 2.35.